The van der Waals surface area contributed by atoms with Crippen molar-refractivity contribution in [2.75, 3.05) is 0 Å². The molecule has 12 heavy (non-hydrogen) atoms. The molecular weight excluding hydrogens is 191 g/mol. The first-order valence-electron chi connectivity index (χ1n) is 3.38. The van der Waals surface area contributed by atoms with Crippen LogP contribution in [-0.4, -0.2) is 12.4 Å². The van der Waals surface area contributed by atoms with Gasteiger partial charge in [0.1, 0.15) is 0 Å². The van der Waals surface area contributed by atoms with Crippen molar-refractivity contribution in [2.24, 2.45) is 10.9 Å². The van der Waals surface area contributed by atoms with E-state index in [4.69, 9.17) is 11.6 Å². The van der Waals surface area contributed by atoms with Gasteiger partial charge in [0.2, 0.25) is 0 Å². The fourth-order valence-corrected chi connectivity index (χ4v) is 1.25. The molecule has 68 valence electrons. The van der Waals surface area contributed by atoms with Gasteiger partial charge < -0.3 is 0 Å². The average molecular weight is 198 g/mol. The summed E-state index contributed by atoms with van der Waals surface area (Å²) in [4.78, 5) is 3.70. The second-order valence-electron chi connectivity index (χ2n) is 2.57. The SMILES string of the molecule is CC1=C(Cl)C(C(F)(F)F)CC=N1. The third kappa shape index (κ3) is 1.80. The zero-order valence-electron chi connectivity index (χ0n) is 6.32. The van der Waals surface area contributed by atoms with Crippen LogP contribution < -0.4 is 0 Å². The minimum Gasteiger partial charge on any atom is -0.265 e. The summed E-state index contributed by atoms with van der Waals surface area (Å²) in [5.74, 6) is -1.56. The smallest absolute Gasteiger partial charge is 0.265 e. The van der Waals surface area contributed by atoms with E-state index in [2.05, 4.69) is 4.99 Å². The zero-order chi connectivity index (χ0) is 9.35. The summed E-state index contributed by atoms with van der Waals surface area (Å²) >= 11 is 5.46. The van der Waals surface area contributed by atoms with Crippen LogP contribution in [-0.2, 0) is 0 Å². The highest BCUT2D eigenvalue weighted by atomic mass is 35.5. The van der Waals surface area contributed by atoms with Crippen molar-refractivity contribution in [3.8, 4) is 0 Å². The van der Waals surface area contributed by atoms with Crippen LogP contribution in [0.3, 0.4) is 0 Å². The van der Waals surface area contributed by atoms with E-state index in [1.807, 2.05) is 0 Å². The van der Waals surface area contributed by atoms with Crippen molar-refractivity contribution in [3.63, 3.8) is 0 Å². The first-order chi connectivity index (χ1) is 5.43. The molecule has 0 aromatic carbocycles. The van der Waals surface area contributed by atoms with Crippen molar-refractivity contribution in [3.05, 3.63) is 10.7 Å². The quantitative estimate of drug-likeness (QED) is 0.566. The molecule has 0 radical (unpaired) electrons. The molecule has 0 fully saturated rings. The molecule has 0 N–H and O–H groups in total. The fraction of sp³-hybridized carbons (Fsp3) is 0.571. The number of allylic oxidation sites excluding steroid dienone is 2. The molecule has 1 aliphatic rings. The molecule has 0 amide bonds. The molecule has 1 atom stereocenters. The highest BCUT2D eigenvalue weighted by Gasteiger charge is 2.42. The molecule has 1 heterocycles. The Labute approximate surface area is 72.9 Å². The number of alkyl halides is 3. The van der Waals surface area contributed by atoms with Gasteiger partial charge in [0, 0.05) is 6.21 Å². The molecule has 0 aromatic heterocycles. The number of nitrogens with zero attached hydrogens (tertiary/aromatic N) is 1. The van der Waals surface area contributed by atoms with Gasteiger partial charge in [-0.15, -0.1) is 0 Å². The van der Waals surface area contributed by atoms with Crippen LogP contribution in [0.5, 0.6) is 0 Å². The van der Waals surface area contributed by atoms with Crippen molar-refractivity contribution < 1.29 is 13.2 Å². The van der Waals surface area contributed by atoms with E-state index in [1.54, 1.807) is 0 Å². The number of hydrogen-bond acceptors (Lipinski definition) is 1. The van der Waals surface area contributed by atoms with Crippen LogP contribution in [0, 0.1) is 5.92 Å². The van der Waals surface area contributed by atoms with Crippen molar-refractivity contribution in [1.29, 1.82) is 0 Å². The molecule has 0 aromatic rings. The zero-order valence-corrected chi connectivity index (χ0v) is 7.08. The minimum absolute atomic E-state index is 0.153. The van der Waals surface area contributed by atoms with Crippen LogP contribution >= 0.6 is 11.6 Å². The van der Waals surface area contributed by atoms with E-state index in [9.17, 15) is 13.2 Å². The highest BCUT2D eigenvalue weighted by Crippen LogP contribution is 2.39. The number of rotatable bonds is 0. The van der Waals surface area contributed by atoms with Crippen molar-refractivity contribution in [1.82, 2.24) is 0 Å². The van der Waals surface area contributed by atoms with Crippen LogP contribution in [0.1, 0.15) is 13.3 Å². The van der Waals surface area contributed by atoms with Gasteiger partial charge in [0.15, 0.2) is 0 Å². The van der Waals surface area contributed by atoms with Crippen LogP contribution in [0.25, 0.3) is 0 Å². The number of aliphatic imine (C=N–C) groups is 1. The second-order valence-corrected chi connectivity index (χ2v) is 2.98. The van der Waals surface area contributed by atoms with E-state index in [-0.39, 0.29) is 17.2 Å². The summed E-state index contributed by atoms with van der Waals surface area (Å²) in [6.07, 6.45) is -3.16. The highest BCUT2D eigenvalue weighted by molar-refractivity contribution is 6.30. The van der Waals surface area contributed by atoms with Gasteiger partial charge in [-0.25, -0.2) is 0 Å². The van der Waals surface area contributed by atoms with E-state index in [0.717, 1.165) is 0 Å². The Hall–Kier alpha value is -0.510. The van der Waals surface area contributed by atoms with Crippen LogP contribution in [0.2, 0.25) is 0 Å². The summed E-state index contributed by atoms with van der Waals surface area (Å²) in [5.41, 5.74) is 0.255. The largest absolute Gasteiger partial charge is 0.397 e. The third-order valence-electron chi connectivity index (χ3n) is 1.67. The molecule has 1 aliphatic heterocycles. The predicted molar refractivity (Wildman–Crippen MR) is 41.2 cm³/mol. The molecule has 0 spiro atoms. The first-order valence-corrected chi connectivity index (χ1v) is 3.76. The lowest BCUT2D eigenvalue weighted by Crippen LogP contribution is -2.25. The van der Waals surface area contributed by atoms with Crippen LogP contribution in [0.15, 0.2) is 15.7 Å². The number of halogens is 4. The predicted octanol–water partition coefficient (Wildman–Crippen LogP) is 3.11. The Morgan fingerprint density at radius 1 is 1.58 bits per heavy atom. The lowest BCUT2D eigenvalue weighted by atomic mass is 10.0. The molecule has 5 heteroatoms. The summed E-state index contributed by atoms with van der Waals surface area (Å²) in [7, 11) is 0. The van der Waals surface area contributed by atoms with Gasteiger partial charge in [0.25, 0.3) is 0 Å². The fourth-order valence-electron chi connectivity index (χ4n) is 0.990. The maximum absolute atomic E-state index is 12.2. The van der Waals surface area contributed by atoms with Gasteiger partial charge in [0.05, 0.1) is 16.6 Å². The standard InChI is InChI=1S/C7H7ClF3N/c1-4-6(8)5(2-3-12-4)7(9,10)11/h3,5H,2H2,1H3. The molecule has 0 bridgehead atoms. The lowest BCUT2D eigenvalue weighted by Gasteiger charge is -2.21. The van der Waals surface area contributed by atoms with E-state index in [0.29, 0.717) is 0 Å². The summed E-state index contributed by atoms with van der Waals surface area (Å²) in [5, 5.41) is -0.190. The van der Waals surface area contributed by atoms with Gasteiger partial charge in [-0.2, -0.15) is 13.2 Å². The molecule has 0 aliphatic carbocycles. The maximum atomic E-state index is 12.2. The van der Waals surface area contributed by atoms with Crippen LogP contribution in [0.4, 0.5) is 13.2 Å². The second kappa shape index (κ2) is 3.09. The molecule has 1 rings (SSSR count). The Morgan fingerprint density at radius 2 is 2.17 bits per heavy atom. The molecule has 1 nitrogen and oxygen atoms in total. The number of hydrogen-bond donors (Lipinski definition) is 0. The van der Waals surface area contributed by atoms with Crippen molar-refractivity contribution in [2.45, 2.75) is 19.5 Å². The van der Waals surface area contributed by atoms with Gasteiger partial charge in [-0.3, -0.25) is 4.99 Å². The molecule has 1 unspecified atom stereocenters. The molecular formula is C7H7ClF3N. The molecule has 0 saturated carbocycles. The Morgan fingerprint density at radius 3 is 2.58 bits per heavy atom. The minimum atomic E-state index is -4.26. The summed E-state index contributed by atoms with van der Waals surface area (Å²) < 4.78 is 36.6. The average Bonchev–Trinajstić information content (AvgIpc) is 1.92. The summed E-state index contributed by atoms with van der Waals surface area (Å²) in [6.45, 7) is 1.47. The van der Waals surface area contributed by atoms with E-state index < -0.39 is 12.1 Å². The summed E-state index contributed by atoms with van der Waals surface area (Å²) in [6, 6.07) is 0. The van der Waals surface area contributed by atoms with Gasteiger partial charge in [-0.1, -0.05) is 11.6 Å². The van der Waals surface area contributed by atoms with Gasteiger partial charge >= 0.3 is 6.18 Å². The van der Waals surface area contributed by atoms with Crippen molar-refractivity contribution >= 4 is 17.8 Å². The first kappa shape index (κ1) is 9.58. The topological polar surface area (TPSA) is 12.4 Å². The maximum Gasteiger partial charge on any atom is 0.397 e. The Balaban J connectivity index is 2.91. The monoisotopic (exact) mass is 197 g/mol. The Bertz CT molecular complexity index is 242. The van der Waals surface area contributed by atoms with Gasteiger partial charge in [-0.05, 0) is 13.3 Å². The third-order valence-corrected chi connectivity index (χ3v) is 2.21. The Kier molecular flexibility index (Phi) is 2.46. The van der Waals surface area contributed by atoms with E-state index in [1.165, 1.54) is 13.1 Å². The normalized spacial score (nSPS) is 24.9. The van der Waals surface area contributed by atoms with E-state index >= 15 is 0 Å². The lowest BCUT2D eigenvalue weighted by molar-refractivity contribution is -0.160. The molecule has 0 saturated heterocycles.